The molecule has 1 aliphatic heterocycles. The third kappa shape index (κ3) is 4.08. The van der Waals surface area contributed by atoms with Crippen LogP contribution in [0, 0.1) is 5.92 Å². The van der Waals surface area contributed by atoms with Crippen molar-refractivity contribution in [1.82, 2.24) is 14.6 Å². The molecule has 6 nitrogen and oxygen atoms in total. The maximum Gasteiger partial charge on any atom is 0.252 e. The van der Waals surface area contributed by atoms with E-state index in [2.05, 4.69) is 10.3 Å². The Kier molecular flexibility index (Phi) is 5.51. The van der Waals surface area contributed by atoms with Gasteiger partial charge in [0.25, 0.3) is 10.0 Å². The zero-order chi connectivity index (χ0) is 17.9. The summed E-state index contributed by atoms with van der Waals surface area (Å²) in [6.07, 6.45) is 4.51. The van der Waals surface area contributed by atoms with Crippen molar-refractivity contribution in [2.45, 2.75) is 30.0 Å². The molecule has 2 aromatic rings. The van der Waals surface area contributed by atoms with E-state index in [4.69, 9.17) is 0 Å². The van der Waals surface area contributed by atoms with Gasteiger partial charge in [-0.15, -0.1) is 11.3 Å². The summed E-state index contributed by atoms with van der Waals surface area (Å²) in [6, 6.07) is 7.00. The smallest absolute Gasteiger partial charge is 0.252 e. The van der Waals surface area contributed by atoms with Gasteiger partial charge in [0.1, 0.15) is 4.21 Å². The fraction of sp³-hybridized carbons (Fsp3) is 0.412. The van der Waals surface area contributed by atoms with E-state index in [1.54, 1.807) is 29.9 Å². The van der Waals surface area contributed by atoms with E-state index < -0.39 is 10.0 Å². The molecule has 0 bridgehead atoms. The SMILES string of the molecule is CC(NC(=O)C1CCN(S(=O)(=O)c2cccs2)CC1)c1cccnc1. The number of hydrogen-bond acceptors (Lipinski definition) is 5. The van der Waals surface area contributed by atoms with Gasteiger partial charge in [-0.3, -0.25) is 9.78 Å². The van der Waals surface area contributed by atoms with Crippen LogP contribution < -0.4 is 5.32 Å². The van der Waals surface area contributed by atoms with Crippen molar-refractivity contribution in [1.29, 1.82) is 0 Å². The van der Waals surface area contributed by atoms with Crippen LogP contribution in [0.3, 0.4) is 0 Å². The second kappa shape index (κ2) is 7.63. The van der Waals surface area contributed by atoms with Crippen LogP contribution in [0.2, 0.25) is 0 Å². The van der Waals surface area contributed by atoms with Gasteiger partial charge in [-0.25, -0.2) is 8.42 Å². The number of nitrogens with zero attached hydrogens (tertiary/aromatic N) is 2. The molecule has 8 heteroatoms. The quantitative estimate of drug-likeness (QED) is 0.865. The highest BCUT2D eigenvalue weighted by atomic mass is 32.2. The molecule has 25 heavy (non-hydrogen) atoms. The number of rotatable bonds is 5. The number of sulfonamides is 1. The van der Waals surface area contributed by atoms with Crippen LogP contribution in [0.5, 0.6) is 0 Å². The molecule has 1 atom stereocenters. The third-order valence-electron chi connectivity index (χ3n) is 4.46. The van der Waals surface area contributed by atoms with E-state index in [-0.39, 0.29) is 17.9 Å². The lowest BCUT2D eigenvalue weighted by Gasteiger charge is -2.30. The average Bonchev–Trinajstić information content (AvgIpc) is 3.18. The average molecular weight is 380 g/mol. The minimum Gasteiger partial charge on any atom is -0.349 e. The second-order valence-electron chi connectivity index (χ2n) is 6.13. The lowest BCUT2D eigenvalue weighted by atomic mass is 9.96. The van der Waals surface area contributed by atoms with Crippen LogP contribution in [0.4, 0.5) is 0 Å². The summed E-state index contributed by atoms with van der Waals surface area (Å²) in [5.41, 5.74) is 0.952. The lowest BCUT2D eigenvalue weighted by Crippen LogP contribution is -2.43. The lowest BCUT2D eigenvalue weighted by molar-refractivity contribution is -0.126. The molecule has 0 aromatic carbocycles. The van der Waals surface area contributed by atoms with Crippen LogP contribution >= 0.6 is 11.3 Å². The molecule has 0 aliphatic carbocycles. The molecule has 134 valence electrons. The van der Waals surface area contributed by atoms with Crippen LogP contribution in [0.1, 0.15) is 31.4 Å². The molecule has 1 N–H and O–H groups in total. The van der Waals surface area contributed by atoms with Crippen LogP contribution in [0.15, 0.2) is 46.2 Å². The first-order valence-electron chi connectivity index (χ1n) is 8.22. The zero-order valence-electron chi connectivity index (χ0n) is 14.0. The van der Waals surface area contributed by atoms with Gasteiger partial charge in [-0.05, 0) is 42.8 Å². The number of carbonyl (C=O) groups is 1. The highest BCUT2D eigenvalue weighted by Crippen LogP contribution is 2.26. The summed E-state index contributed by atoms with van der Waals surface area (Å²) < 4.78 is 26.9. The van der Waals surface area contributed by atoms with E-state index in [1.807, 2.05) is 19.1 Å². The van der Waals surface area contributed by atoms with E-state index >= 15 is 0 Å². The second-order valence-corrected chi connectivity index (χ2v) is 9.24. The summed E-state index contributed by atoms with van der Waals surface area (Å²) in [6.45, 7) is 2.67. The van der Waals surface area contributed by atoms with Gasteiger partial charge in [-0.2, -0.15) is 4.31 Å². The normalized spacial score (nSPS) is 18.0. The summed E-state index contributed by atoms with van der Waals surface area (Å²) in [5, 5.41) is 4.76. The molecule has 3 rings (SSSR count). The molecule has 0 radical (unpaired) electrons. The van der Waals surface area contributed by atoms with Gasteiger partial charge >= 0.3 is 0 Å². The minimum atomic E-state index is -3.42. The summed E-state index contributed by atoms with van der Waals surface area (Å²) in [4.78, 5) is 16.5. The zero-order valence-corrected chi connectivity index (χ0v) is 15.6. The Hall–Kier alpha value is -1.77. The van der Waals surface area contributed by atoms with Crippen molar-refractivity contribution >= 4 is 27.3 Å². The highest BCUT2D eigenvalue weighted by molar-refractivity contribution is 7.91. The van der Waals surface area contributed by atoms with Crippen molar-refractivity contribution in [3.8, 4) is 0 Å². The van der Waals surface area contributed by atoms with Crippen molar-refractivity contribution in [2.24, 2.45) is 5.92 Å². The summed E-state index contributed by atoms with van der Waals surface area (Å²) in [5.74, 6) is -0.182. The van der Waals surface area contributed by atoms with Gasteiger partial charge < -0.3 is 5.32 Å². The van der Waals surface area contributed by atoms with Gasteiger partial charge in [0, 0.05) is 31.4 Å². The van der Waals surface area contributed by atoms with E-state index in [0.29, 0.717) is 30.1 Å². The van der Waals surface area contributed by atoms with Gasteiger partial charge in [0.2, 0.25) is 5.91 Å². The molecule has 1 unspecified atom stereocenters. The Bertz CT molecular complexity index is 799. The molecule has 0 spiro atoms. The van der Waals surface area contributed by atoms with E-state index in [0.717, 1.165) is 5.56 Å². The summed E-state index contributed by atoms with van der Waals surface area (Å²) in [7, 11) is -3.42. The largest absolute Gasteiger partial charge is 0.349 e. The van der Waals surface area contributed by atoms with Crippen LogP contribution in [-0.2, 0) is 14.8 Å². The van der Waals surface area contributed by atoms with E-state index in [1.165, 1.54) is 15.6 Å². The molecular weight excluding hydrogens is 358 g/mol. The number of carbonyl (C=O) groups excluding carboxylic acids is 1. The molecule has 0 saturated carbocycles. The Morgan fingerprint density at radius 1 is 1.32 bits per heavy atom. The topological polar surface area (TPSA) is 79.4 Å². The third-order valence-corrected chi connectivity index (χ3v) is 7.73. The molecule has 1 aliphatic rings. The number of aromatic nitrogens is 1. The molecule has 1 fully saturated rings. The number of piperidine rings is 1. The first kappa shape index (κ1) is 18.0. The number of hydrogen-bond donors (Lipinski definition) is 1. The van der Waals surface area contributed by atoms with Gasteiger partial charge in [0.05, 0.1) is 6.04 Å². The fourth-order valence-corrected chi connectivity index (χ4v) is 5.56. The van der Waals surface area contributed by atoms with Crippen molar-refractivity contribution in [3.63, 3.8) is 0 Å². The van der Waals surface area contributed by atoms with Crippen molar-refractivity contribution in [2.75, 3.05) is 13.1 Å². The maximum atomic E-state index is 12.5. The number of nitrogens with one attached hydrogen (secondary N) is 1. The first-order valence-corrected chi connectivity index (χ1v) is 10.5. The Morgan fingerprint density at radius 2 is 2.08 bits per heavy atom. The Morgan fingerprint density at radius 3 is 2.68 bits per heavy atom. The number of amides is 1. The minimum absolute atomic E-state index is 0.0236. The Labute approximate surface area is 151 Å². The number of pyridine rings is 1. The van der Waals surface area contributed by atoms with Crippen molar-refractivity contribution in [3.05, 3.63) is 47.6 Å². The first-order chi connectivity index (χ1) is 12.0. The van der Waals surface area contributed by atoms with Gasteiger partial charge in [0.15, 0.2) is 0 Å². The Balaban J connectivity index is 1.56. The van der Waals surface area contributed by atoms with Gasteiger partial charge in [-0.1, -0.05) is 12.1 Å². The van der Waals surface area contributed by atoms with Crippen LogP contribution in [-0.4, -0.2) is 36.7 Å². The molecule has 3 heterocycles. The number of thiophene rings is 1. The van der Waals surface area contributed by atoms with E-state index in [9.17, 15) is 13.2 Å². The molecule has 1 saturated heterocycles. The summed E-state index contributed by atoms with van der Waals surface area (Å²) >= 11 is 1.22. The molecule has 1 amide bonds. The highest BCUT2D eigenvalue weighted by Gasteiger charge is 2.32. The standard InChI is InChI=1S/C17H21N3O3S2/c1-13(15-4-2-8-18-12-15)19-17(21)14-6-9-20(10-7-14)25(22,23)16-5-3-11-24-16/h2-5,8,11-14H,6-7,9-10H2,1H3,(H,19,21). The molecular formula is C17H21N3O3S2. The fourth-order valence-electron chi connectivity index (χ4n) is 2.94. The monoisotopic (exact) mass is 379 g/mol. The predicted octanol–water partition coefficient (Wildman–Crippen LogP) is 2.42. The maximum absolute atomic E-state index is 12.5. The van der Waals surface area contributed by atoms with Crippen molar-refractivity contribution < 1.29 is 13.2 Å². The molecule has 2 aromatic heterocycles. The van der Waals surface area contributed by atoms with Crippen LogP contribution in [0.25, 0.3) is 0 Å². The predicted molar refractivity (Wildman–Crippen MR) is 96.6 cm³/mol.